The van der Waals surface area contributed by atoms with Crippen molar-refractivity contribution in [3.63, 3.8) is 0 Å². The highest BCUT2D eigenvalue weighted by Crippen LogP contribution is 2.20. The molecule has 0 saturated heterocycles. The summed E-state index contributed by atoms with van der Waals surface area (Å²) in [6, 6.07) is 0. The number of aliphatic carboxylic acids is 1. The van der Waals surface area contributed by atoms with Crippen LogP contribution >= 0.6 is 0 Å². The summed E-state index contributed by atoms with van der Waals surface area (Å²) in [6.45, 7) is 53.2. The van der Waals surface area contributed by atoms with E-state index >= 15 is 0 Å². The van der Waals surface area contributed by atoms with Crippen molar-refractivity contribution in [1.82, 2.24) is 0 Å². The quantitative estimate of drug-likeness (QED) is 0.189. The molecule has 0 aromatic heterocycles. The fourth-order valence-electron chi connectivity index (χ4n) is 2.92. The second-order valence-electron chi connectivity index (χ2n) is 22.5. The Morgan fingerprint density at radius 3 is 0.871 bits per heavy atom. The van der Waals surface area contributed by atoms with Gasteiger partial charge in [-0.1, -0.05) is 69.2 Å². The van der Waals surface area contributed by atoms with E-state index in [0.717, 1.165) is 19.3 Å². The fraction of sp³-hybridized carbons (Fsp3) is 0.860. The SMILES string of the molecule is CC(C)(C)C(=O)O.CC(C)C(=O)C(C)(C)C.CC(C)OC(=O)C(C)(C)C.CCCC(=O)C(C)(C)C.CCCOC(=O)C(C)(C)C.CCOC(=O)C(C)(C)C.COC(=O)C(C)(C)C. The molecule has 0 bridgehead atoms. The van der Waals surface area contributed by atoms with Crippen LogP contribution in [0.4, 0.5) is 0 Å². The van der Waals surface area contributed by atoms with Gasteiger partial charge < -0.3 is 24.1 Å². The Morgan fingerprint density at radius 1 is 0.452 bits per heavy atom. The first kappa shape index (κ1) is 73.1. The van der Waals surface area contributed by atoms with E-state index in [1.165, 1.54) is 7.11 Å². The Morgan fingerprint density at radius 2 is 0.774 bits per heavy atom. The number of rotatable bonds is 7. The average Bonchev–Trinajstić information content (AvgIpc) is 3.05. The Bertz CT molecular complexity index is 1230. The molecule has 0 spiro atoms. The first-order chi connectivity index (χ1) is 27.1. The van der Waals surface area contributed by atoms with Gasteiger partial charge in [0, 0.05) is 23.2 Å². The molecule has 0 rings (SSSR count). The molecule has 0 fully saturated rings. The van der Waals surface area contributed by atoms with Gasteiger partial charge in [-0.05, 0) is 137 Å². The van der Waals surface area contributed by atoms with Gasteiger partial charge in [0.2, 0.25) is 0 Å². The van der Waals surface area contributed by atoms with Gasteiger partial charge in [-0.15, -0.1) is 0 Å². The zero-order chi connectivity index (χ0) is 52.1. The van der Waals surface area contributed by atoms with E-state index in [0.29, 0.717) is 24.8 Å². The highest BCUT2D eigenvalue weighted by atomic mass is 16.5. The Labute approximate surface area is 381 Å². The lowest BCUT2D eigenvalue weighted by molar-refractivity contribution is -0.157. The summed E-state index contributed by atoms with van der Waals surface area (Å²) < 4.78 is 19.1. The van der Waals surface area contributed by atoms with Crippen LogP contribution < -0.4 is 0 Å². The smallest absolute Gasteiger partial charge is 0.311 e. The molecule has 0 aliphatic heterocycles. The Balaban J connectivity index is -0.000000114. The highest BCUT2D eigenvalue weighted by Gasteiger charge is 2.26. The predicted molar refractivity (Wildman–Crippen MR) is 255 cm³/mol. The lowest BCUT2D eigenvalue weighted by atomic mass is 9.85. The van der Waals surface area contributed by atoms with E-state index in [1.54, 1.807) is 20.8 Å². The van der Waals surface area contributed by atoms with Gasteiger partial charge in [0.05, 0.1) is 53.5 Å². The molecule has 0 aliphatic carbocycles. The van der Waals surface area contributed by atoms with E-state index in [2.05, 4.69) is 4.74 Å². The molecule has 0 aromatic carbocycles. The molecule has 0 aliphatic rings. The number of methoxy groups -OCH3 is 1. The van der Waals surface area contributed by atoms with Crippen molar-refractivity contribution in [3.05, 3.63) is 0 Å². The van der Waals surface area contributed by atoms with Crippen molar-refractivity contribution in [3.8, 4) is 0 Å². The second-order valence-corrected chi connectivity index (χ2v) is 22.5. The zero-order valence-electron chi connectivity index (χ0n) is 45.6. The van der Waals surface area contributed by atoms with Crippen LogP contribution in [0.3, 0.4) is 0 Å². The zero-order valence-corrected chi connectivity index (χ0v) is 45.6. The van der Waals surface area contributed by atoms with Gasteiger partial charge >= 0.3 is 29.8 Å². The molecule has 1 N–H and O–H groups in total. The second kappa shape index (κ2) is 33.2. The van der Waals surface area contributed by atoms with Crippen LogP contribution in [0.2, 0.25) is 0 Å². The number of ketones is 2. The summed E-state index contributed by atoms with van der Waals surface area (Å²) >= 11 is 0. The van der Waals surface area contributed by atoms with Gasteiger partial charge in [-0.3, -0.25) is 33.6 Å². The van der Waals surface area contributed by atoms with Crippen molar-refractivity contribution in [2.75, 3.05) is 20.3 Å². The monoisotopic (exact) mass is 893 g/mol. The van der Waals surface area contributed by atoms with Crippen molar-refractivity contribution in [1.29, 1.82) is 0 Å². The van der Waals surface area contributed by atoms with Crippen LogP contribution in [0.5, 0.6) is 0 Å². The van der Waals surface area contributed by atoms with Crippen molar-refractivity contribution >= 4 is 41.4 Å². The molecule has 0 atom stereocenters. The van der Waals surface area contributed by atoms with Crippen molar-refractivity contribution < 1.29 is 57.6 Å². The molecule has 12 heteroatoms. The summed E-state index contributed by atoms with van der Waals surface area (Å²) in [5.74, 6) is -0.440. The van der Waals surface area contributed by atoms with Crippen LogP contribution in [0.1, 0.15) is 213 Å². The Hall–Kier alpha value is -3.31. The third kappa shape index (κ3) is 51.0. The van der Waals surface area contributed by atoms with Gasteiger partial charge in [0.1, 0.15) is 11.6 Å². The van der Waals surface area contributed by atoms with E-state index < -0.39 is 11.4 Å². The minimum Gasteiger partial charge on any atom is -0.481 e. The molecular formula is C50H100O12. The number of ether oxygens (including phenoxy) is 4. The van der Waals surface area contributed by atoms with Crippen LogP contribution in [-0.4, -0.2) is 72.9 Å². The van der Waals surface area contributed by atoms with E-state index in [9.17, 15) is 33.6 Å². The lowest BCUT2D eigenvalue weighted by Gasteiger charge is -2.18. The number of esters is 4. The number of carbonyl (C=O) groups excluding carboxylic acids is 6. The van der Waals surface area contributed by atoms with Gasteiger partial charge in [0.25, 0.3) is 0 Å². The summed E-state index contributed by atoms with van der Waals surface area (Å²) in [5, 5.41) is 8.25. The van der Waals surface area contributed by atoms with Gasteiger partial charge in [-0.2, -0.15) is 0 Å². The number of hydrogen-bond donors (Lipinski definition) is 1. The minimum atomic E-state index is -0.757. The average molecular weight is 893 g/mol. The van der Waals surface area contributed by atoms with Crippen molar-refractivity contribution in [2.45, 2.75) is 219 Å². The highest BCUT2D eigenvalue weighted by molar-refractivity contribution is 5.85. The molecule has 62 heavy (non-hydrogen) atoms. The molecule has 12 nitrogen and oxygen atoms in total. The lowest BCUT2D eigenvalue weighted by Crippen LogP contribution is -2.25. The van der Waals surface area contributed by atoms with E-state index in [-0.39, 0.29) is 68.4 Å². The topological polar surface area (TPSA) is 177 Å². The predicted octanol–water partition coefficient (Wildman–Crippen LogP) is 12.5. The molecule has 0 aromatic rings. The number of carboxylic acid groups (broad SMARTS) is 1. The number of carbonyl (C=O) groups is 7. The van der Waals surface area contributed by atoms with Crippen LogP contribution in [0.25, 0.3) is 0 Å². The van der Waals surface area contributed by atoms with E-state index in [1.807, 2.05) is 173 Å². The summed E-state index contributed by atoms with van der Waals surface area (Å²) in [7, 11) is 1.40. The summed E-state index contributed by atoms with van der Waals surface area (Å²) in [6.07, 6.45) is 2.58. The summed E-state index contributed by atoms with van der Waals surface area (Å²) in [5.41, 5.74) is -2.30. The van der Waals surface area contributed by atoms with Crippen molar-refractivity contribution in [2.24, 2.45) is 43.8 Å². The Kier molecular flexibility index (Phi) is 39.2. The third-order valence-corrected chi connectivity index (χ3v) is 6.91. The van der Waals surface area contributed by atoms with Gasteiger partial charge in [-0.25, -0.2) is 0 Å². The molecule has 0 unspecified atom stereocenters. The molecule has 0 radical (unpaired) electrons. The molecule has 0 amide bonds. The maximum absolute atomic E-state index is 11.2. The first-order valence-corrected chi connectivity index (χ1v) is 22.0. The normalized spacial score (nSPS) is 11.5. The molecule has 0 heterocycles. The van der Waals surface area contributed by atoms with Crippen LogP contribution in [0.15, 0.2) is 0 Å². The first-order valence-electron chi connectivity index (χ1n) is 22.0. The largest absolute Gasteiger partial charge is 0.481 e. The van der Waals surface area contributed by atoms with E-state index in [4.69, 9.17) is 19.3 Å². The summed E-state index contributed by atoms with van der Waals surface area (Å²) in [4.78, 5) is 75.8. The standard InChI is InChI=1S/2C8H16O2.2C8H16O.C7H14O2.C6H12O2.C5H10O2/c1-6(2)10-7(9)8(3,4)5;1-5-6-10-7(9)8(2,3)4;1-6(2)7(9)8(3,4)5;1-5-6-7(9)8(2,3)4;1-5-9-6(8)7(2,3)4;1-6(2,3)5(7)8-4;1-5(2,3)4(6)7/h6H,1-5H3;5-6H2,1-4H3;6H,1-5H3;5-6H2,1-4H3;5H2,1-4H3;1-4H3;1-3H3,(H,6,7). The molecular weight excluding hydrogens is 793 g/mol. The third-order valence-electron chi connectivity index (χ3n) is 6.91. The number of Topliss-reactive ketones (excluding diaryl/α,β-unsaturated/α-hetero) is 2. The molecule has 372 valence electrons. The fourth-order valence-corrected chi connectivity index (χ4v) is 2.92. The van der Waals surface area contributed by atoms with Gasteiger partial charge in [0.15, 0.2) is 0 Å². The maximum atomic E-state index is 11.2. The minimum absolute atomic E-state index is 0.00766. The van der Waals surface area contributed by atoms with Crippen LogP contribution in [0, 0.1) is 43.8 Å². The maximum Gasteiger partial charge on any atom is 0.311 e. The van der Waals surface area contributed by atoms with Crippen LogP contribution in [-0.2, 0) is 52.5 Å². The molecule has 0 saturated carbocycles. The number of hydrogen-bond acceptors (Lipinski definition) is 11. The number of carboxylic acids is 1.